The predicted octanol–water partition coefficient (Wildman–Crippen LogP) is 1.46. The summed E-state index contributed by atoms with van der Waals surface area (Å²) in [5.41, 5.74) is 2.12. The molecule has 1 aliphatic rings. The van der Waals surface area contributed by atoms with Crippen LogP contribution in [0.2, 0.25) is 0 Å². The first-order valence-corrected chi connectivity index (χ1v) is 3.83. The third-order valence-corrected chi connectivity index (χ3v) is 1.84. The van der Waals surface area contributed by atoms with E-state index < -0.39 is 0 Å². The molecular formula is C9H10N2O. The number of nitrogens with zero attached hydrogens (tertiary/aromatic N) is 1. The number of anilines is 1. The topological polar surface area (TPSA) is 33.6 Å². The van der Waals surface area contributed by atoms with Crippen molar-refractivity contribution in [1.29, 1.82) is 0 Å². The quantitative estimate of drug-likeness (QED) is 0.626. The van der Waals surface area contributed by atoms with Crippen LogP contribution in [0.1, 0.15) is 5.56 Å². The molecule has 62 valence electrons. The second-order valence-electron chi connectivity index (χ2n) is 2.55. The second-order valence-corrected chi connectivity index (χ2v) is 2.55. The van der Waals surface area contributed by atoms with E-state index in [0.717, 1.165) is 11.3 Å². The fourth-order valence-corrected chi connectivity index (χ4v) is 1.28. The van der Waals surface area contributed by atoms with E-state index in [9.17, 15) is 0 Å². The normalized spacial score (nSPS) is 14.2. The number of hydrogen-bond acceptors (Lipinski definition) is 3. The van der Waals surface area contributed by atoms with E-state index in [0.29, 0.717) is 12.6 Å². The SMILES string of the molecule is COC1=NCNc2ccccc21. The van der Waals surface area contributed by atoms with Crippen molar-refractivity contribution in [3.8, 4) is 0 Å². The first kappa shape index (κ1) is 7.16. The zero-order chi connectivity index (χ0) is 8.39. The highest BCUT2D eigenvalue weighted by Gasteiger charge is 2.11. The van der Waals surface area contributed by atoms with Crippen LogP contribution in [-0.4, -0.2) is 19.7 Å². The molecular weight excluding hydrogens is 152 g/mol. The molecule has 0 aliphatic carbocycles. The van der Waals surface area contributed by atoms with Crippen molar-refractivity contribution in [3.63, 3.8) is 0 Å². The van der Waals surface area contributed by atoms with Crippen LogP contribution in [0.5, 0.6) is 0 Å². The van der Waals surface area contributed by atoms with E-state index in [1.165, 1.54) is 0 Å². The number of ether oxygens (including phenoxy) is 1. The third-order valence-electron chi connectivity index (χ3n) is 1.84. The Balaban J connectivity index is 2.48. The molecule has 2 rings (SSSR count). The lowest BCUT2D eigenvalue weighted by molar-refractivity contribution is 0.402. The van der Waals surface area contributed by atoms with Crippen LogP contribution in [0.15, 0.2) is 29.3 Å². The molecule has 0 fully saturated rings. The van der Waals surface area contributed by atoms with Crippen molar-refractivity contribution >= 4 is 11.6 Å². The number of methoxy groups -OCH3 is 1. The molecule has 1 N–H and O–H groups in total. The van der Waals surface area contributed by atoms with Gasteiger partial charge in [-0.25, -0.2) is 4.99 Å². The highest BCUT2D eigenvalue weighted by molar-refractivity contribution is 6.00. The molecule has 0 saturated heterocycles. The van der Waals surface area contributed by atoms with E-state index in [-0.39, 0.29) is 0 Å². The van der Waals surface area contributed by atoms with Crippen molar-refractivity contribution in [2.24, 2.45) is 4.99 Å². The van der Waals surface area contributed by atoms with Crippen LogP contribution < -0.4 is 5.32 Å². The fraction of sp³-hybridized carbons (Fsp3) is 0.222. The van der Waals surface area contributed by atoms with Crippen LogP contribution >= 0.6 is 0 Å². The lowest BCUT2D eigenvalue weighted by atomic mass is 10.1. The molecule has 0 radical (unpaired) electrons. The van der Waals surface area contributed by atoms with Gasteiger partial charge < -0.3 is 10.1 Å². The molecule has 0 spiro atoms. The Bertz CT molecular complexity index is 320. The minimum absolute atomic E-state index is 0.597. The zero-order valence-electron chi connectivity index (χ0n) is 6.87. The van der Waals surface area contributed by atoms with Gasteiger partial charge in [0.2, 0.25) is 5.90 Å². The lowest BCUT2D eigenvalue weighted by Crippen LogP contribution is -2.16. The summed E-state index contributed by atoms with van der Waals surface area (Å²) in [6, 6.07) is 7.97. The average Bonchev–Trinajstić information content (AvgIpc) is 2.17. The predicted molar refractivity (Wildman–Crippen MR) is 48.5 cm³/mol. The van der Waals surface area contributed by atoms with Crippen LogP contribution in [-0.2, 0) is 4.74 Å². The number of aliphatic imine (C=N–C) groups is 1. The smallest absolute Gasteiger partial charge is 0.219 e. The van der Waals surface area contributed by atoms with E-state index in [2.05, 4.69) is 10.3 Å². The van der Waals surface area contributed by atoms with Crippen LogP contribution in [0, 0.1) is 0 Å². The maximum absolute atomic E-state index is 5.13. The van der Waals surface area contributed by atoms with Gasteiger partial charge >= 0.3 is 0 Å². The largest absolute Gasteiger partial charge is 0.481 e. The highest BCUT2D eigenvalue weighted by atomic mass is 16.5. The summed E-state index contributed by atoms with van der Waals surface area (Å²) in [4.78, 5) is 4.17. The maximum Gasteiger partial charge on any atom is 0.219 e. The number of fused-ring (bicyclic) bond motifs is 1. The van der Waals surface area contributed by atoms with Crippen LogP contribution in [0.25, 0.3) is 0 Å². The van der Waals surface area contributed by atoms with E-state index in [1.54, 1.807) is 7.11 Å². The average molecular weight is 162 g/mol. The highest BCUT2D eigenvalue weighted by Crippen LogP contribution is 2.19. The number of hydrogen-bond donors (Lipinski definition) is 1. The van der Waals surface area contributed by atoms with E-state index >= 15 is 0 Å². The zero-order valence-corrected chi connectivity index (χ0v) is 6.87. The van der Waals surface area contributed by atoms with Gasteiger partial charge in [0.1, 0.15) is 6.67 Å². The molecule has 0 saturated carbocycles. The Kier molecular flexibility index (Phi) is 1.70. The molecule has 3 heteroatoms. The van der Waals surface area contributed by atoms with Gasteiger partial charge in [-0.15, -0.1) is 0 Å². The molecule has 1 aromatic rings. The van der Waals surface area contributed by atoms with Gasteiger partial charge in [-0.1, -0.05) is 12.1 Å². The lowest BCUT2D eigenvalue weighted by Gasteiger charge is -2.16. The summed E-state index contributed by atoms with van der Waals surface area (Å²) in [5.74, 6) is 0.712. The standard InChI is InChI=1S/C9H10N2O/c1-12-9-7-4-2-3-5-8(7)10-6-11-9/h2-5,10H,6H2,1H3. The van der Waals surface area contributed by atoms with Gasteiger partial charge in [-0.3, -0.25) is 0 Å². The number of nitrogens with one attached hydrogen (secondary N) is 1. The Labute approximate surface area is 71.1 Å². The van der Waals surface area contributed by atoms with Crippen molar-refractivity contribution in [2.45, 2.75) is 0 Å². The third kappa shape index (κ3) is 1.03. The van der Waals surface area contributed by atoms with Crippen molar-refractivity contribution in [1.82, 2.24) is 0 Å². The van der Waals surface area contributed by atoms with Crippen molar-refractivity contribution in [3.05, 3.63) is 29.8 Å². The molecule has 1 heterocycles. The van der Waals surface area contributed by atoms with Crippen LogP contribution in [0.3, 0.4) is 0 Å². The Morgan fingerprint density at radius 1 is 1.42 bits per heavy atom. The fourth-order valence-electron chi connectivity index (χ4n) is 1.28. The molecule has 0 unspecified atom stereocenters. The molecule has 3 nitrogen and oxygen atoms in total. The minimum atomic E-state index is 0.597. The molecule has 1 aliphatic heterocycles. The van der Waals surface area contributed by atoms with E-state index in [4.69, 9.17) is 4.74 Å². The van der Waals surface area contributed by atoms with Crippen LogP contribution in [0.4, 0.5) is 5.69 Å². The Morgan fingerprint density at radius 3 is 3.08 bits per heavy atom. The molecule has 12 heavy (non-hydrogen) atoms. The number of para-hydroxylation sites is 1. The molecule has 0 atom stereocenters. The van der Waals surface area contributed by atoms with Gasteiger partial charge in [0, 0.05) is 5.69 Å². The summed E-state index contributed by atoms with van der Waals surface area (Å²) in [6.07, 6.45) is 0. The summed E-state index contributed by atoms with van der Waals surface area (Å²) in [7, 11) is 1.64. The monoisotopic (exact) mass is 162 g/mol. The summed E-state index contributed by atoms with van der Waals surface area (Å²) in [5, 5.41) is 3.16. The van der Waals surface area contributed by atoms with Gasteiger partial charge in [-0.05, 0) is 12.1 Å². The summed E-state index contributed by atoms with van der Waals surface area (Å²) in [6.45, 7) is 0.597. The maximum atomic E-state index is 5.13. The van der Waals surface area contributed by atoms with Gasteiger partial charge in [-0.2, -0.15) is 0 Å². The summed E-state index contributed by atoms with van der Waals surface area (Å²) >= 11 is 0. The number of rotatable bonds is 0. The molecule has 1 aromatic carbocycles. The first-order chi connectivity index (χ1) is 5.92. The number of benzene rings is 1. The Morgan fingerprint density at radius 2 is 2.25 bits per heavy atom. The van der Waals surface area contributed by atoms with Gasteiger partial charge in [0.15, 0.2) is 0 Å². The van der Waals surface area contributed by atoms with Crippen molar-refractivity contribution < 1.29 is 4.74 Å². The first-order valence-electron chi connectivity index (χ1n) is 3.83. The molecule has 0 bridgehead atoms. The molecule has 0 amide bonds. The van der Waals surface area contributed by atoms with E-state index in [1.807, 2.05) is 24.3 Å². The minimum Gasteiger partial charge on any atom is -0.481 e. The second kappa shape index (κ2) is 2.85. The van der Waals surface area contributed by atoms with Crippen molar-refractivity contribution in [2.75, 3.05) is 19.1 Å². The van der Waals surface area contributed by atoms with Gasteiger partial charge in [0.05, 0.1) is 12.7 Å². The Hall–Kier alpha value is -1.51. The molecule has 0 aromatic heterocycles. The summed E-state index contributed by atoms with van der Waals surface area (Å²) < 4.78 is 5.13. The van der Waals surface area contributed by atoms with Gasteiger partial charge in [0.25, 0.3) is 0 Å².